The lowest BCUT2D eigenvalue weighted by Crippen LogP contribution is -2.33. The van der Waals surface area contributed by atoms with E-state index in [0.717, 1.165) is 25.7 Å². The molecule has 0 unspecified atom stereocenters. The van der Waals surface area contributed by atoms with Crippen LogP contribution in [0.15, 0.2) is 71.5 Å². The standard InChI is InChI=1S/C33H39N9O4/c1-2-24-38-30(41-46-24)28-26(43)27(44)32(45-28)42-18-36-25-29(39-33(40-31(25)42)37-22-15-13-21(34)14-16-22)35-17-23(19-9-5-3-6-10-19)20-11-7-4-8-12-20/h3-12,18,21-23,26-28,32,43-44H,2,13-17,34H2,1H3,(H2,35,37,39,40)/t21-,22-,26-,27+,28-,32+/m0/s1. The van der Waals surface area contributed by atoms with Crippen LogP contribution >= 0.6 is 0 Å². The van der Waals surface area contributed by atoms with E-state index in [2.05, 4.69) is 50.0 Å². The quantitative estimate of drug-likeness (QED) is 0.152. The summed E-state index contributed by atoms with van der Waals surface area (Å²) in [7, 11) is 0. The number of aliphatic hydroxyl groups excluding tert-OH is 2. The number of imidazole rings is 1. The zero-order chi connectivity index (χ0) is 31.6. The molecule has 240 valence electrons. The monoisotopic (exact) mass is 625 g/mol. The first-order valence-corrected chi connectivity index (χ1v) is 15.9. The lowest BCUT2D eigenvalue weighted by Gasteiger charge is -2.27. The molecule has 1 saturated heterocycles. The Labute approximate surface area is 266 Å². The molecule has 0 amide bonds. The normalized spacial score (nSPS) is 24.9. The summed E-state index contributed by atoms with van der Waals surface area (Å²) in [6.45, 7) is 2.44. The maximum atomic E-state index is 11.1. The Kier molecular flexibility index (Phi) is 8.63. The van der Waals surface area contributed by atoms with Gasteiger partial charge >= 0.3 is 0 Å². The number of hydrogen-bond acceptors (Lipinski definition) is 12. The molecule has 4 atom stereocenters. The van der Waals surface area contributed by atoms with E-state index in [1.807, 2.05) is 43.3 Å². The van der Waals surface area contributed by atoms with Crippen LogP contribution in [0.3, 0.4) is 0 Å². The lowest BCUT2D eigenvalue weighted by molar-refractivity contribution is -0.0388. The van der Waals surface area contributed by atoms with E-state index in [1.54, 1.807) is 10.9 Å². The first-order chi connectivity index (χ1) is 22.5. The van der Waals surface area contributed by atoms with Gasteiger partial charge in [-0.25, -0.2) is 4.98 Å². The second-order valence-corrected chi connectivity index (χ2v) is 12.1. The summed E-state index contributed by atoms with van der Waals surface area (Å²) < 4.78 is 13.0. The molecule has 0 spiro atoms. The summed E-state index contributed by atoms with van der Waals surface area (Å²) in [5.41, 5.74) is 9.46. The third-order valence-corrected chi connectivity index (χ3v) is 8.96. The van der Waals surface area contributed by atoms with Crippen molar-refractivity contribution < 1.29 is 19.5 Å². The van der Waals surface area contributed by atoms with Crippen LogP contribution < -0.4 is 16.4 Å². The van der Waals surface area contributed by atoms with Gasteiger partial charge in [0.2, 0.25) is 17.7 Å². The van der Waals surface area contributed by atoms with Crippen LogP contribution in [0.5, 0.6) is 0 Å². The van der Waals surface area contributed by atoms with Crippen LogP contribution in [0.4, 0.5) is 11.8 Å². The molecule has 46 heavy (non-hydrogen) atoms. The molecule has 3 aromatic heterocycles. The minimum absolute atomic E-state index is 0.0459. The fourth-order valence-corrected chi connectivity index (χ4v) is 6.36. The number of fused-ring (bicyclic) bond motifs is 1. The van der Waals surface area contributed by atoms with Crippen LogP contribution in [0.1, 0.15) is 73.7 Å². The van der Waals surface area contributed by atoms with Crippen LogP contribution in [0.2, 0.25) is 0 Å². The summed E-state index contributed by atoms with van der Waals surface area (Å²) in [5.74, 6) is 1.63. The van der Waals surface area contributed by atoms with Gasteiger partial charge in [-0.2, -0.15) is 15.0 Å². The number of aliphatic hydroxyl groups is 2. The van der Waals surface area contributed by atoms with E-state index in [-0.39, 0.29) is 23.8 Å². The van der Waals surface area contributed by atoms with Gasteiger partial charge in [0, 0.05) is 31.0 Å². The number of rotatable bonds is 10. The van der Waals surface area contributed by atoms with Gasteiger partial charge in [0.1, 0.15) is 12.2 Å². The van der Waals surface area contributed by atoms with Crippen molar-refractivity contribution in [2.75, 3.05) is 17.2 Å². The molecule has 4 heterocycles. The minimum atomic E-state index is -1.30. The zero-order valence-electron chi connectivity index (χ0n) is 25.6. The van der Waals surface area contributed by atoms with Gasteiger partial charge in [-0.15, -0.1) is 0 Å². The SMILES string of the molecule is CCc1nc([C@H]2O[C@@H](n3cnc4c(NCC(c5ccccc5)c5ccccc5)nc(N[C@H]5CC[C@H](N)CC5)nc43)[C@H](O)[C@@H]2O)no1. The predicted octanol–water partition coefficient (Wildman–Crippen LogP) is 3.69. The molecule has 5 aromatic rings. The van der Waals surface area contributed by atoms with Crippen molar-refractivity contribution in [3.8, 4) is 0 Å². The Morgan fingerprint density at radius 2 is 1.63 bits per heavy atom. The Bertz CT molecular complexity index is 1700. The van der Waals surface area contributed by atoms with Gasteiger partial charge < -0.3 is 35.8 Å². The third-order valence-electron chi connectivity index (χ3n) is 8.96. The molecule has 1 aliphatic carbocycles. The Morgan fingerprint density at radius 1 is 0.935 bits per heavy atom. The van der Waals surface area contributed by atoms with Crippen LogP contribution in [0.25, 0.3) is 11.2 Å². The van der Waals surface area contributed by atoms with E-state index < -0.39 is 24.5 Å². The summed E-state index contributed by atoms with van der Waals surface area (Å²) in [5, 5.41) is 33.1. The van der Waals surface area contributed by atoms with Crippen molar-refractivity contribution in [3.63, 3.8) is 0 Å². The summed E-state index contributed by atoms with van der Waals surface area (Å²) >= 11 is 0. The molecule has 0 bridgehead atoms. The third kappa shape index (κ3) is 6.06. The van der Waals surface area contributed by atoms with Crippen molar-refractivity contribution in [2.24, 2.45) is 5.73 Å². The van der Waals surface area contributed by atoms with Crippen molar-refractivity contribution in [1.29, 1.82) is 0 Å². The predicted molar refractivity (Wildman–Crippen MR) is 171 cm³/mol. The molecule has 6 N–H and O–H groups in total. The highest BCUT2D eigenvalue weighted by Crippen LogP contribution is 2.39. The van der Waals surface area contributed by atoms with E-state index >= 15 is 0 Å². The fraction of sp³-hybridized carbons (Fsp3) is 0.424. The highest BCUT2D eigenvalue weighted by molar-refractivity contribution is 5.84. The van der Waals surface area contributed by atoms with Gasteiger partial charge in [-0.1, -0.05) is 72.7 Å². The Morgan fingerprint density at radius 3 is 2.28 bits per heavy atom. The summed E-state index contributed by atoms with van der Waals surface area (Å²) in [4.78, 5) is 18.7. The van der Waals surface area contributed by atoms with E-state index in [4.69, 9.17) is 25.0 Å². The number of nitrogens with two attached hydrogens (primary N) is 1. The number of anilines is 2. The highest BCUT2D eigenvalue weighted by atomic mass is 16.6. The largest absolute Gasteiger partial charge is 0.387 e. The minimum Gasteiger partial charge on any atom is -0.387 e. The van der Waals surface area contributed by atoms with Crippen LogP contribution in [-0.4, -0.2) is 70.7 Å². The lowest BCUT2D eigenvalue weighted by atomic mass is 9.91. The van der Waals surface area contributed by atoms with E-state index in [1.165, 1.54) is 11.1 Å². The highest BCUT2D eigenvalue weighted by Gasteiger charge is 2.47. The number of aryl methyl sites for hydroxylation is 1. The second kappa shape index (κ2) is 13.1. The van der Waals surface area contributed by atoms with Gasteiger partial charge in [-0.3, -0.25) is 4.57 Å². The number of aromatic nitrogens is 6. The molecule has 1 saturated carbocycles. The molecule has 1 aliphatic heterocycles. The Balaban J connectivity index is 1.23. The van der Waals surface area contributed by atoms with Crippen LogP contribution in [-0.2, 0) is 11.2 Å². The maximum absolute atomic E-state index is 11.1. The summed E-state index contributed by atoms with van der Waals surface area (Å²) in [6.07, 6.45) is 1.21. The first kappa shape index (κ1) is 30.2. The number of ether oxygens (including phenoxy) is 1. The molecule has 13 heteroatoms. The molecule has 2 aromatic carbocycles. The van der Waals surface area contributed by atoms with Crippen molar-refractivity contribution in [2.45, 2.75) is 81.6 Å². The van der Waals surface area contributed by atoms with Gasteiger partial charge in [0.15, 0.2) is 29.3 Å². The van der Waals surface area contributed by atoms with Gasteiger partial charge in [0.25, 0.3) is 0 Å². The Hall–Kier alpha value is -4.43. The smallest absolute Gasteiger partial charge is 0.227 e. The van der Waals surface area contributed by atoms with Crippen LogP contribution in [0, 0.1) is 0 Å². The second-order valence-electron chi connectivity index (χ2n) is 12.1. The van der Waals surface area contributed by atoms with E-state index in [9.17, 15) is 10.2 Å². The topological polar surface area (TPSA) is 182 Å². The average molecular weight is 626 g/mol. The van der Waals surface area contributed by atoms with Gasteiger partial charge in [-0.05, 0) is 36.8 Å². The molecule has 2 aliphatic rings. The fourth-order valence-electron chi connectivity index (χ4n) is 6.36. The number of nitrogens with one attached hydrogen (secondary N) is 2. The summed E-state index contributed by atoms with van der Waals surface area (Å²) in [6, 6.07) is 21.1. The molecule has 0 radical (unpaired) electrons. The number of hydrogen-bond donors (Lipinski definition) is 5. The molecular weight excluding hydrogens is 586 g/mol. The van der Waals surface area contributed by atoms with Crippen molar-refractivity contribution in [1.82, 2.24) is 29.7 Å². The van der Waals surface area contributed by atoms with E-state index in [0.29, 0.717) is 41.8 Å². The molecular formula is C33H39N9O4. The van der Waals surface area contributed by atoms with Gasteiger partial charge in [0.05, 0.1) is 6.33 Å². The first-order valence-electron chi connectivity index (χ1n) is 15.9. The average Bonchev–Trinajstić information content (AvgIpc) is 3.81. The maximum Gasteiger partial charge on any atom is 0.227 e. The van der Waals surface area contributed by atoms with Crippen molar-refractivity contribution >= 4 is 22.9 Å². The van der Waals surface area contributed by atoms with Crippen molar-refractivity contribution in [3.05, 3.63) is 89.8 Å². The molecule has 2 fully saturated rings. The zero-order valence-corrected chi connectivity index (χ0v) is 25.6. The molecule has 13 nitrogen and oxygen atoms in total. The number of nitrogens with zero attached hydrogens (tertiary/aromatic N) is 6. The number of benzene rings is 2. The molecule has 7 rings (SSSR count).